The molecule has 1 aromatic rings. The summed E-state index contributed by atoms with van der Waals surface area (Å²) in [5, 5.41) is 0. The first-order valence-corrected chi connectivity index (χ1v) is 6.46. The van der Waals surface area contributed by atoms with Crippen LogP contribution in [0.4, 0.5) is 4.39 Å². The quantitative estimate of drug-likeness (QED) is 0.875. The first-order chi connectivity index (χ1) is 8.70. The standard InChI is InChI=1S/C14H20FNO2/c1-10-5-6-12(18-10)9-17-14-11(7-8-16)3-2-4-13(14)15/h2-4,10,12H,5-9,16H2,1H3. The van der Waals surface area contributed by atoms with E-state index in [1.54, 1.807) is 6.07 Å². The van der Waals surface area contributed by atoms with E-state index >= 15 is 0 Å². The Labute approximate surface area is 107 Å². The van der Waals surface area contributed by atoms with Crippen molar-refractivity contribution in [1.29, 1.82) is 0 Å². The van der Waals surface area contributed by atoms with Crippen molar-refractivity contribution in [3.05, 3.63) is 29.6 Å². The second kappa shape index (κ2) is 6.16. The second-order valence-corrected chi connectivity index (χ2v) is 4.72. The van der Waals surface area contributed by atoms with Gasteiger partial charge >= 0.3 is 0 Å². The maximum absolute atomic E-state index is 13.7. The molecule has 1 fully saturated rings. The summed E-state index contributed by atoms with van der Waals surface area (Å²) < 4.78 is 25.0. The van der Waals surface area contributed by atoms with Crippen molar-refractivity contribution in [3.8, 4) is 5.75 Å². The van der Waals surface area contributed by atoms with Crippen LogP contribution in [0.5, 0.6) is 5.75 Å². The number of halogens is 1. The van der Waals surface area contributed by atoms with Crippen molar-refractivity contribution in [3.63, 3.8) is 0 Å². The maximum atomic E-state index is 13.7. The predicted octanol–water partition coefficient (Wildman–Crippen LogP) is 2.27. The van der Waals surface area contributed by atoms with Crippen molar-refractivity contribution >= 4 is 0 Å². The number of ether oxygens (including phenoxy) is 2. The van der Waals surface area contributed by atoms with E-state index in [9.17, 15) is 4.39 Å². The largest absolute Gasteiger partial charge is 0.488 e. The number of benzene rings is 1. The summed E-state index contributed by atoms with van der Waals surface area (Å²) in [7, 11) is 0. The monoisotopic (exact) mass is 253 g/mol. The number of para-hydroxylation sites is 1. The molecule has 1 saturated heterocycles. The van der Waals surface area contributed by atoms with E-state index in [0.29, 0.717) is 25.3 Å². The smallest absolute Gasteiger partial charge is 0.165 e. The SMILES string of the molecule is CC1CCC(COc2c(F)cccc2CCN)O1. The van der Waals surface area contributed by atoms with Gasteiger partial charge < -0.3 is 15.2 Å². The highest BCUT2D eigenvalue weighted by Crippen LogP contribution is 2.25. The Balaban J connectivity index is 1.99. The fourth-order valence-electron chi connectivity index (χ4n) is 2.25. The Morgan fingerprint density at radius 3 is 2.94 bits per heavy atom. The summed E-state index contributed by atoms with van der Waals surface area (Å²) in [6.45, 7) is 2.93. The molecule has 1 aliphatic rings. The second-order valence-electron chi connectivity index (χ2n) is 4.72. The van der Waals surface area contributed by atoms with Crippen LogP contribution in [0.1, 0.15) is 25.3 Å². The Morgan fingerprint density at radius 2 is 2.28 bits per heavy atom. The van der Waals surface area contributed by atoms with E-state index in [1.165, 1.54) is 6.07 Å². The molecule has 0 aromatic heterocycles. The summed E-state index contributed by atoms with van der Waals surface area (Å²) in [5.41, 5.74) is 6.34. The molecule has 0 saturated carbocycles. The fourth-order valence-corrected chi connectivity index (χ4v) is 2.25. The molecule has 100 valence electrons. The molecule has 1 aliphatic heterocycles. The Kier molecular flexibility index (Phi) is 4.55. The lowest BCUT2D eigenvalue weighted by molar-refractivity contribution is 0.0254. The van der Waals surface area contributed by atoms with Crippen LogP contribution in [0.3, 0.4) is 0 Å². The molecule has 0 radical (unpaired) electrons. The van der Waals surface area contributed by atoms with Crippen LogP contribution in [-0.2, 0) is 11.2 Å². The van der Waals surface area contributed by atoms with E-state index < -0.39 is 0 Å². The zero-order valence-electron chi connectivity index (χ0n) is 10.7. The van der Waals surface area contributed by atoms with Gasteiger partial charge in [-0.15, -0.1) is 0 Å². The van der Waals surface area contributed by atoms with Crippen molar-refractivity contribution in [2.75, 3.05) is 13.2 Å². The molecular formula is C14H20FNO2. The predicted molar refractivity (Wildman–Crippen MR) is 68.2 cm³/mol. The van der Waals surface area contributed by atoms with Crippen LogP contribution in [0.25, 0.3) is 0 Å². The van der Waals surface area contributed by atoms with Crippen LogP contribution in [0.15, 0.2) is 18.2 Å². The molecule has 2 rings (SSSR count). The average molecular weight is 253 g/mol. The number of hydrogen-bond acceptors (Lipinski definition) is 3. The molecule has 1 heterocycles. The van der Waals surface area contributed by atoms with Crippen molar-refractivity contribution in [2.45, 2.75) is 38.4 Å². The van der Waals surface area contributed by atoms with E-state index in [4.69, 9.17) is 15.2 Å². The number of nitrogens with two attached hydrogens (primary N) is 1. The van der Waals surface area contributed by atoms with Gasteiger partial charge in [-0.05, 0) is 44.4 Å². The van der Waals surface area contributed by atoms with Gasteiger partial charge in [-0.25, -0.2) is 4.39 Å². The van der Waals surface area contributed by atoms with Gasteiger partial charge in [0.15, 0.2) is 11.6 Å². The Morgan fingerprint density at radius 1 is 1.44 bits per heavy atom. The minimum absolute atomic E-state index is 0.0744. The molecule has 2 atom stereocenters. The molecule has 2 N–H and O–H groups in total. The first kappa shape index (κ1) is 13.3. The molecule has 1 aromatic carbocycles. The lowest BCUT2D eigenvalue weighted by atomic mass is 10.1. The minimum Gasteiger partial charge on any atom is -0.488 e. The lowest BCUT2D eigenvalue weighted by Gasteiger charge is -2.15. The lowest BCUT2D eigenvalue weighted by Crippen LogP contribution is -2.19. The molecular weight excluding hydrogens is 233 g/mol. The van der Waals surface area contributed by atoms with Gasteiger partial charge in [0.25, 0.3) is 0 Å². The highest BCUT2D eigenvalue weighted by atomic mass is 19.1. The topological polar surface area (TPSA) is 44.5 Å². The molecule has 0 spiro atoms. The molecule has 0 aliphatic carbocycles. The third-order valence-corrected chi connectivity index (χ3v) is 3.20. The van der Waals surface area contributed by atoms with Crippen LogP contribution in [0.2, 0.25) is 0 Å². The van der Waals surface area contributed by atoms with Gasteiger partial charge in [-0.3, -0.25) is 0 Å². The number of hydrogen-bond donors (Lipinski definition) is 1. The van der Waals surface area contributed by atoms with Gasteiger partial charge in [0.1, 0.15) is 6.61 Å². The van der Waals surface area contributed by atoms with E-state index in [0.717, 1.165) is 18.4 Å². The van der Waals surface area contributed by atoms with Gasteiger partial charge in [0.2, 0.25) is 0 Å². The van der Waals surface area contributed by atoms with Gasteiger partial charge in [0.05, 0.1) is 12.2 Å². The average Bonchev–Trinajstić information content (AvgIpc) is 2.75. The van der Waals surface area contributed by atoms with Crippen molar-refractivity contribution in [1.82, 2.24) is 0 Å². The molecule has 2 unspecified atom stereocenters. The van der Waals surface area contributed by atoms with Crippen LogP contribution in [0, 0.1) is 5.82 Å². The number of rotatable bonds is 5. The molecule has 18 heavy (non-hydrogen) atoms. The zero-order chi connectivity index (χ0) is 13.0. The highest BCUT2D eigenvalue weighted by molar-refractivity contribution is 5.35. The van der Waals surface area contributed by atoms with Gasteiger partial charge in [0, 0.05) is 0 Å². The minimum atomic E-state index is -0.327. The molecule has 0 amide bonds. The molecule has 4 heteroatoms. The summed E-state index contributed by atoms with van der Waals surface area (Å²) in [6.07, 6.45) is 2.99. The maximum Gasteiger partial charge on any atom is 0.165 e. The van der Waals surface area contributed by atoms with Crippen molar-refractivity contribution < 1.29 is 13.9 Å². The van der Waals surface area contributed by atoms with E-state index in [2.05, 4.69) is 0 Å². The normalized spacial score (nSPS) is 23.3. The van der Waals surface area contributed by atoms with E-state index in [-0.39, 0.29) is 18.0 Å². The molecule has 3 nitrogen and oxygen atoms in total. The Bertz CT molecular complexity index is 397. The van der Waals surface area contributed by atoms with Gasteiger partial charge in [-0.1, -0.05) is 12.1 Å². The summed E-state index contributed by atoms with van der Waals surface area (Å²) in [4.78, 5) is 0. The highest BCUT2D eigenvalue weighted by Gasteiger charge is 2.23. The summed E-state index contributed by atoms with van der Waals surface area (Å²) >= 11 is 0. The van der Waals surface area contributed by atoms with Gasteiger partial charge in [-0.2, -0.15) is 0 Å². The van der Waals surface area contributed by atoms with Crippen molar-refractivity contribution in [2.24, 2.45) is 5.73 Å². The van der Waals surface area contributed by atoms with Crippen LogP contribution in [-0.4, -0.2) is 25.4 Å². The summed E-state index contributed by atoms with van der Waals surface area (Å²) in [6, 6.07) is 4.94. The van der Waals surface area contributed by atoms with Crippen LogP contribution < -0.4 is 10.5 Å². The third-order valence-electron chi connectivity index (χ3n) is 3.20. The zero-order valence-corrected chi connectivity index (χ0v) is 10.7. The third kappa shape index (κ3) is 3.21. The summed E-state index contributed by atoms with van der Waals surface area (Å²) in [5.74, 6) is -0.00176. The first-order valence-electron chi connectivity index (χ1n) is 6.46. The Hall–Kier alpha value is -1.13. The van der Waals surface area contributed by atoms with E-state index in [1.807, 2.05) is 13.0 Å². The van der Waals surface area contributed by atoms with Crippen LogP contribution >= 0.6 is 0 Å². The fraction of sp³-hybridized carbons (Fsp3) is 0.571. The molecule has 0 bridgehead atoms.